The fourth-order valence-electron chi connectivity index (χ4n) is 4.27. The smallest absolute Gasteiger partial charge is 0.253 e. The molecule has 0 bridgehead atoms. The van der Waals surface area contributed by atoms with Crippen LogP contribution in [0.1, 0.15) is 34.3 Å². The van der Waals surface area contributed by atoms with E-state index in [1.165, 1.54) is 11.1 Å². The Morgan fingerprint density at radius 2 is 1.63 bits per heavy atom. The number of hydrogen-bond acceptors (Lipinski definition) is 3. The molecule has 2 aliphatic rings. The van der Waals surface area contributed by atoms with Gasteiger partial charge in [0.25, 0.3) is 5.91 Å². The van der Waals surface area contributed by atoms with Crippen LogP contribution in [0, 0.1) is 0 Å². The molecule has 27 heavy (non-hydrogen) atoms. The van der Waals surface area contributed by atoms with E-state index in [9.17, 15) is 4.79 Å². The molecule has 2 heterocycles. The molecular formula is C22H20N4O. The molecule has 0 unspecified atom stereocenters. The van der Waals surface area contributed by atoms with Crippen molar-refractivity contribution in [3.05, 3.63) is 84.0 Å². The number of nitrogens with zero attached hydrogens (tertiary/aromatic N) is 4. The Balaban J connectivity index is 1.30. The lowest BCUT2D eigenvalue weighted by Crippen LogP contribution is -2.44. The summed E-state index contributed by atoms with van der Waals surface area (Å²) in [4.78, 5) is 14.9. The van der Waals surface area contributed by atoms with Gasteiger partial charge in [0.2, 0.25) is 0 Å². The monoisotopic (exact) mass is 356 g/mol. The molecule has 1 spiro atoms. The van der Waals surface area contributed by atoms with E-state index in [2.05, 4.69) is 46.6 Å². The van der Waals surface area contributed by atoms with E-state index in [4.69, 9.17) is 0 Å². The number of rotatable bonds is 2. The number of allylic oxidation sites excluding steroid dienone is 1. The molecule has 0 radical (unpaired) electrons. The van der Waals surface area contributed by atoms with E-state index in [0.717, 1.165) is 37.2 Å². The van der Waals surface area contributed by atoms with Gasteiger partial charge in [0.1, 0.15) is 12.7 Å². The van der Waals surface area contributed by atoms with Gasteiger partial charge in [0.15, 0.2) is 0 Å². The van der Waals surface area contributed by atoms with Crippen LogP contribution in [0.4, 0.5) is 0 Å². The molecule has 0 saturated carbocycles. The average Bonchev–Trinajstić information content (AvgIpc) is 3.38. The minimum Gasteiger partial charge on any atom is -0.339 e. The summed E-state index contributed by atoms with van der Waals surface area (Å²) in [5.74, 6) is 0.107. The molecule has 5 heteroatoms. The number of fused-ring (bicyclic) bond motifs is 2. The first-order chi connectivity index (χ1) is 13.3. The summed E-state index contributed by atoms with van der Waals surface area (Å²) in [6.07, 6.45) is 9.82. The topological polar surface area (TPSA) is 51.0 Å². The first-order valence-electron chi connectivity index (χ1n) is 9.28. The molecule has 1 fully saturated rings. The summed E-state index contributed by atoms with van der Waals surface area (Å²) >= 11 is 0. The van der Waals surface area contributed by atoms with Gasteiger partial charge >= 0.3 is 0 Å². The van der Waals surface area contributed by atoms with Crippen LogP contribution in [-0.2, 0) is 5.41 Å². The Bertz CT molecular complexity index is 997. The van der Waals surface area contributed by atoms with Crippen LogP contribution < -0.4 is 0 Å². The lowest BCUT2D eigenvalue weighted by molar-refractivity contribution is 0.0690. The van der Waals surface area contributed by atoms with Crippen LogP contribution in [0.25, 0.3) is 11.8 Å². The van der Waals surface area contributed by atoms with Crippen molar-refractivity contribution in [2.24, 2.45) is 0 Å². The van der Waals surface area contributed by atoms with E-state index in [1.807, 2.05) is 33.7 Å². The predicted molar refractivity (Wildman–Crippen MR) is 104 cm³/mol. The summed E-state index contributed by atoms with van der Waals surface area (Å²) in [6.45, 7) is 1.56. The van der Waals surface area contributed by atoms with Gasteiger partial charge in [-0.05, 0) is 48.2 Å². The second-order valence-corrected chi connectivity index (χ2v) is 7.28. The third-order valence-corrected chi connectivity index (χ3v) is 5.85. The van der Waals surface area contributed by atoms with E-state index in [0.29, 0.717) is 0 Å². The maximum absolute atomic E-state index is 12.9. The number of amides is 1. The van der Waals surface area contributed by atoms with E-state index in [1.54, 1.807) is 12.7 Å². The van der Waals surface area contributed by atoms with E-state index < -0.39 is 0 Å². The van der Waals surface area contributed by atoms with Crippen LogP contribution in [0.3, 0.4) is 0 Å². The van der Waals surface area contributed by atoms with Crippen molar-refractivity contribution in [1.82, 2.24) is 19.7 Å². The number of carbonyl (C=O) groups excluding carboxylic acids is 1. The van der Waals surface area contributed by atoms with E-state index >= 15 is 0 Å². The maximum Gasteiger partial charge on any atom is 0.253 e. The highest BCUT2D eigenvalue weighted by Gasteiger charge is 2.38. The number of piperidine rings is 1. The molecular weight excluding hydrogens is 336 g/mol. The summed E-state index contributed by atoms with van der Waals surface area (Å²) in [5.41, 5.74) is 4.51. The molecule has 0 N–H and O–H groups in total. The van der Waals surface area contributed by atoms with Crippen molar-refractivity contribution >= 4 is 12.0 Å². The Morgan fingerprint density at radius 3 is 2.37 bits per heavy atom. The van der Waals surface area contributed by atoms with Gasteiger partial charge in [-0.2, -0.15) is 0 Å². The fraction of sp³-hybridized carbons (Fsp3) is 0.227. The standard InChI is InChI=1S/C22H20N4O/c27-21(18-5-7-19(8-6-18)26-15-23-24-16-26)25-13-11-22(12-14-25)10-9-17-3-1-2-4-20(17)22/h1-10,15-16H,11-14H2. The molecule has 1 saturated heterocycles. The second-order valence-electron chi connectivity index (χ2n) is 7.28. The number of aromatic nitrogens is 3. The minimum atomic E-state index is 0.103. The quantitative estimate of drug-likeness (QED) is 0.706. The Labute approximate surface area is 158 Å². The third-order valence-electron chi connectivity index (χ3n) is 5.85. The van der Waals surface area contributed by atoms with Crippen molar-refractivity contribution in [3.8, 4) is 5.69 Å². The second kappa shape index (κ2) is 6.20. The Hall–Kier alpha value is -3.21. The summed E-state index contributed by atoms with van der Waals surface area (Å²) in [7, 11) is 0. The summed E-state index contributed by atoms with van der Waals surface area (Å²) < 4.78 is 1.82. The van der Waals surface area contributed by atoms with Gasteiger partial charge in [0.05, 0.1) is 0 Å². The van der Waals surface area contributed by atoms with Crippen LogP contribution in [-0.4, -0.2) is 38.7 Å². The molecule has 1 aliphatic carbocycles. The first-order valence-corrected chi connectivity index (χ1v) is 9.28. The van der Waals surface area contributed by atoms with Gasteiger partial charge in [-0.1, -0.05) is 36.4 Å². The van der Waals surface area contributed by atoms with Gasteiger partial charge < -0.3 is 4.90 Å². The molecule has 5 rings (SSSR count). The van der Waals surface area contributed by atoms with Crippen LogP contribution in [0.15, 0.2) is 67.3 Å². The predicted octanol–water partition coefficient (Wildman–Crippen LogP) is 3.47. The van der Waals surface area contributed by atoms with Crippen molar-refractivity contribution in [2.45, 2.75) is 18.3 Å². The van der Waals surface area contributed by atoms with Crippen molar-refractivity contribution in [1.29, 1.82) is 0 Å². The molecule has 0 atom stereocenters. The summed E-state index contributed by atoms with van der Waals surface area (Å²) in [5, 5.41) is 7.63. The largest absolute Gasteiger partial charge is 0.339 e. The third kappa shape index (κ3) is 2.67. The maximum atomic E-state index is 12.9. The first kappa shape index (κ1) is 16.0. The van der Waals surface area contributed by atoms with Crippen molar-refractivity contribution in [3.63, 3.8) is 0 Å². The van der Waals surface area contributed by atoms with E-state index in [-0.39, 0.29) is 11.3 Å². The number of hydrogen-bond donors (Lipinski definition) is 0. The van der Waals surface area contributed by atoms with Crippen LogP contribution >= 0.6 is 0 Å². The zero-order valence-corrected chi connectivity index (χ0v) is 15.0. The molecule has 1 amide bonds. The Kier molecular flexibility index (Phi) is 3.67. The van der Waals surface area contributed by atoms with Crippen LogP contribution in [0.5, 0.6) is 0 Å². The van der Waals surface area contributed by atoms with Gasteiger partial charge in [-0.3, -0.25) is 9.36 Å². The highest BCUT2D eigenvalue weighted by molar-refractivity contribution is 5.94. The van der Waals surface area contributed by atoms with Gasteiger partial charge in [-0.15, -0.1) is 10.2 Å². The number of benzene rings is 2. The lowest BCUT2D eigenvalue weighted by Gasteiger charge is -2.39. The van der Waals surface area contributed by atoms with Crippen molar-refractivity contribution < 1.29 is 4.79 Å². The SMILES string of the molecule is O=C(c1ccc(-n2cnnc2)cc1)N1CCC2(C=Cc3ccccc32)CC1. The highest BCUT2D eigenvalue weighted by Crippen LogP contribution is 2.43. The zero-order valence-electron chi connectivity index (χ0n) is 15.0. The lowest BCUT2D eigenvalue weighted by atomic mass is 9.74. The number of carbonyl (C=O) groups is 1. The molecule has 3 aromatic rings. The number of likely N-dealkylation sites (tertiary alicyclic amines) is 1. The van der Waals surface area contributed by atoms with Crippen molar-refractivity contribution in [2.75, 3.05) is 13.1 Å². The highest BCUT2D eigenvalue weighted by atomic mass is 16.2. The molecule has 1 aromatic heterocycles. The fourth-order valence-corrected chi connectivity index (χ4v) is 4.27. The van der Waals surface area contributed by atoms with Crippen LogP contribution in [0.2, 0.25) is 0 Å². The normalized spacial score (nSPS) is 17.3. The minimum absolute atomic E-state index is 0.103. The van der Waals surface area contributed by atoms with Gasteiger partial charge in [0, 0.05) is 29.8 Å². The average molecular weight is 356 g/mol. The molecule has 5 nitrogen and oxygen atoms in total. The Morgan fingerprint density at radius 1 is 0.926 bits per heavy atom. The summed E-state index contributed by atoms with van der Waals surface area (Å²) in [6, 6.07) is 16.2. The molecule has 2 aromatic carbocycles. The molecule has 1 aliphatic heterocycles. The zero-order chi connectivity index (χ0) is 18.3. The van der Waals surface area contributed by atoms with Gasteiger partial charge in [-0.25, -0.2) is 0 Å². The molecule has 134 valence electrons.